The maximum Gasteiger partial charge on any atom is 0.159 e. The maximum atomic E-state index is 11.4. The molecule has 0 heterocycles. The van der Waals surface area contributed by atoms with Crippen LogP contribution in [0.4, 0.5) is 11.4 Å². The van der Waals surface area contributed by atoms with E-state index in [4.69, 9.17) is 11.6 Å². The SMILES string of the molecule is CC(=O)c1ccc(N(C)c2cc(C)cc(C)c2)c(Cl)c1. The molecule has 0 radical (unpaired) electrons. The molecule has 0 atom stereocenters. The van der Waals surface area contributed by atoms with Gasteiger partial charge in [0.15, 0.2) is 5.78 Å². The van der Waals surface area contributed by atoms with Gasteiger partial charge >= 0.3 is 0 Å². The Bertz CT molecular complexity index is 644. The Morgan fingerprint density at radius 1 is 1.05 bits per heavy atom. The number of ketones is 1. The van der Waals surface area contributed by atoms with Crippen molar-refractivity contribution in [3.8, 4) is 0 Å². The first kappa shape index (κ1) is 14.6. The summed E-state index contributed by atoms with van der Waals surface area (Å²) in [4.78, 5) is 13.4. The highest BCUT2D eigenvalue weighted by atomic mass is 35.5. The number of carbonyl (C=O) groups is 1. The molecule has 0 aromatic heterocycles. The van der Waals surface area contributed by atoms with Crippen LogP contribution >= 0.6 is 11.6 Å². The predicted octanol–water partition coefficient (Wildman–Crippen LogP) is 4.93. The van der Waals surface area contributed by atoms with Crippen molar-refractivity contribution in [3.05, 3.63) is 58.1 Å². The van der Waals surface area contributed by atoms with Crippen LogP contribution in [-0.4, -0.2) is 12.8 Å². The van der Waals surface area contributed by atoms with E-state index in [1.165, 1.54) is 11.1 Å². The number of hydrogen-bond donors (Lipinski definition) is 0. The average Bonchev–Trinajstić information content (AvgIpc) is 2.36. The zero-order valence-corrected chi connectivity index (χ0v) is 13.0. The molecule has 0 N–H and O–H groups in total. The van der Waals surface area contributed by atoms with E-state index in [2.05, 4.69) is 32.0 Å². The Hall–Kier alpha value is -1.80. The van der Waals surface area contributed by atoms with Gasteiger partial charge in [-0.3, -0.25) is 4.79 Å². The lowest BCUT2D eigenvalue weighted by Crippen LogP contribution is -2.11. The summed E-state index contributed by atoms with van der Waals surface area (Å²) in [6.45, 7) is 5.69. The third-order valence-corrected chi connectivity index (χ3v) is 3.61. The first-order chi connectivity index (χ1) is 9.38. The Kier molecular flexibility index (Phi) is 4.15. The van der Waals surface area contributed by atoms with Crippen molar-refractivity contribution >= 4 is 28.8 Å². The Morgan fingerprint density at radius 2 is 1.65 bits per heavy atom. The number of Topliss-reactive ketones (excluding diaryl/α,β-unsaturated/α-hetero) is 1. The van der Waals surface area contributed by atoms with Crippen LogP contribution in [-0.2, 0) is 0 Å². The van der Waals surface area contributed by atoms with Gasteiger partial charge in [-0.2, -0.15) is 0 Å². The van der Waals surface area contributed by atoms with Gasteiger partial charge in [0.05, 0.1) is 10.7 Å². The topological polar surface area (TPSA) is 20.3 Å². The largest absolute Gasteiger partial charge is 0.343 e. The van der Waals surface area contributed by atoms with E-state index in [0.29, 0.717) is 10.6 Å². The van der Waals surface area contributed by atoms with Gasteiger partial charge in [0.2, 0.25) is 0 Å². The molecule has 0 aliphatic carbocycles. The molecule has 0 aliphatic heterocycles. The number of nitrogens with zero attached hydrogens (tertiary/aromatic N) is 1. The fourth-order valence-electron chi connectivity index (χ4n) is 2.28. The van der Waals surface area contributed by atoms with E-state index in [0.717, 1.165) is 11.4 Å². The molecule has 0 saturated carbocycles. The van der Waals surface area contributed by atoms with E-state index in [1.807, 2.05) is 24.1 Å². The molecule has 0 amide bonds. The third kappa shape index (κ3) is 3.02. The highest BCUT2D eigenvalue weighted by molar-refractivity contribution is 6.33. The van der Waals surface area contributed by atoms with Crippen molar-refractivity contribution in [1.29, 1.82) is 0 Å². The summed E-state index contributed by atoms with van der Waals surface area (Å²) in [7, 11) is 1.98. The van der Waals surface area contributed by atoms with E-state index in [-0.39, 0.29) is 5.78 Å². The normalized spacial score (nSPS) is 10.4. The van der Waals surface area contributed by atoms with Gasteiger partial charge in [0.25, 0.3) is 0 Å². The second-order valence-electron chi connectivity index (χ2n) is 5.13. The quantitative estimate of drug-likeness (QED) is 0.746. The molecule has 0 unspecified atom stereocenters. The molecular weight excluding hydrogens is 270 g/mol. The molecule has 0 saturated heterocycles. The van der Waals surface area contributed by atoms with Crippen LogP contribution in [0, 0.1) is 13.8 Å². The van der Waals surface area contributed by atoms with Crippen molar-refractivity contribution in [1.82, 2.24) is 0 Å². The van der Waals surface area contributed by atoms with Crippen molar-refractivity contribution in [3.63, 3.8) is 0 Å². The zero-order valence-electron chi connectivity index (χ0n) is 12.2. The van der Waals surface area contributed by atoms with Crippen molar-refractivity contribution in [2.45, 2.75) is 20.8 Å². The summed E-state index contributed by atoms with van der Waals surface area (Å²) in [5, 5.41) is 0.583. The molecule has 3 heteroatoms. The smallest absolute Gasteiger partial charge is 0.159 e. The molecular formula is C17H18ClNO. The Balaban J connectivity index is 2.42. The first-order valence-corrected chi connectivity index (χ1v) is 6.89. The van der Waals surface area contributed by atoms with Crippen LogP contribution in [0.1, 0.15) is 28.4 Å². The van der Waals surface area contributed by atoms with Gasteiger partial charge in [-0.05, 0) is 62.2 Å². The molecule has 104 valence electrons. The average molecular weight is 288 g/mol. The minimum atomic E-state index is 0.0208. The molecule has 0 spiro atoms. The monoisotopic (exact) mass is 287 g/mol. The highest BCUT2D eigenvalue weighted by Gasteiger charge is 2.11. The summed E-state index contributed by atoms with van der Waals surface area (Å²) in [6, 6.07) is 11.8. The van der Waals surface area contributed by atoms with E-state index >= 15 is 0 Å². The summed E-state index contributed by atoms with van der Waals surface area (Å²) < 4.78 is 0. The molecule has 2 rings (SSSR count). The van der Waals surface area contributed by atoms with Gasteiger partial charge in [0, 0.05) is 18.3 Å². The van der Waals surface area contributed by atoms with Crippen molar-refractivity contribution in [2.24, 2.45) is 0 Å². The summed E-state index contributed by atoms with van der Waals surface area (Å²) in [5.74, 6) is 0.0208. The van der Waals surface area contributed by atoms with Crippen LogP contribution in [0.3, 0.4) is 0 Å². The zero-order chi connectivity index (χ0) is 14.9. The van der Waals surface area contributed by atoms with Crippen LogP contribution in [0.5, 0.6) is 0 Å². The fraction of sp³-hybridized carbons (Fsp3) is 0.235. The molecule has 2 nitrogen and oxygen atoms in total. The van der Waals surface area contributed by atoms with Gasteiger partial charge in [-0.15, -0.1) is 0 Å². The summed E-state index contributed by atoms with van der Waals surface area (Å²) >= 11 is 6.30. The second kappa shape index (κ2) is 5.68. The molecule has 20 heavy (non-hydrogen) atoms. The predicted molar refractivity (Wildman–Crippen MR) is 85.4 cm³/mol. The van der Waals surface area contributed by atoms with Gasteiger partial charge in [0.1, 0.15) is 0 Å². The van der Waals surface area contributed by atoms with Gasteiger partial charge in [-0.1, -0.05) is 17.7 Å². The molecule has 0 bridgehead atoms. The van der Waals surface area contributed by atoms with Crippen LogP contribution in [0.25, 0.3) is 0 Å². The fourth-order valence-corrected chi connectivity index (χ4v) is 2.59. The lowest BCUT2D eigenvalue weighted by molar-refractivity contribution is 0.101. The van der Waals surface area contributed by atoms with Crippen molar-refractivity contribution in [2.75, 3.05) is 11.9 Å². The van der Waals surface area contributed by atoms with E-state index in [1.54, 1.807) is 13.0 Å². The number of anilines is 2. The number of halogens is 1. The molecule has 0 fully saturated rings. The number of carbonyl (C=O) groups excluding carboxylic acids is 1. The van der Waals surface area contributed by atoms with Crippen LogP contribution in [0.15, 0.2) is 36.4 Å². The number of rotatable bonds is 3. The van der Waals surface area contributed by atoms with E-state index in [9.17, 15) is 4.79 Å². The highest BCUT2D eigenvalue weighted by Crippen LogP contribution is 2.32. The summed E-state index contributed by atoms with van der Waals surface area (Å²) in [6.07, 6.45) is 0. The van der Waals surface area contributed by atoms with E-state index < -0.39 is 0 Å². The van der Waals surface area contributed by atoms with Crippen LogP contribution < -0.4 is 4.90 Å². The minimum absolute atomic E-state index is 0.0208. The second-order valence-corrected chi connectivity index (χ2v) is 5.53. The standard InChI is InChI=1S/C17H18ClNO/c1-11-7-12(2)9-15(8-11)19(4)17-6-5-14(13(3)20)10-16(17)18/h5-10H,1-4H3. The molecule has 2 aromatic rings. The molecule has 2 aromatic carbocycles. The molecule has 0 aliphatic rings. The Morgan fingerprint density at radius 3 is 2.15 bits per heavy atom. The van der Waals surface area contributed by atoms with Gasteiger partial charge < -0.3 is 4.90 Å². The van der Waals surface area contributed by atoms with Crippen LogP contribution in [0.2, 0.25) is 5.02 Å². The lowest BCUT2D eigenvalue weighted by Gasteiger charge is -2.22. The number of benzene rings is 2. The maximum absolute atomic E-state index is 11.4. The third-order valence-electron chi connectivity index (χ3n) is 3.31. The first-order valence-electron chi connectivity index (χ1n) is 6.51. The Labute approximate surface area is 125 Å². The number of aryl methyl sites for hydroxylation is 2. The van der Waals surface area contributed by atoms with Crippen molar-refractivity contribution < 1.29 is 4.79 Å². The van der Waals surface area contributed by atoms with Gasteiger partial charge in [-0.25, -0.2) is 0 Å². The number of hydrogen-bond acceptors (Lipinski definition) is 2. The lowest BCUT2D eigenvalue weighted by atomic mass is 10.1. The minimum Gasteiger partial charge on any atom is -0.343 e. The summed E-state index contributed by atoms with van der Waals surface area (Å²) in [5.41, 5.74) is 5.03.